The van der Waals surface area contributed by atoms with Crippen molar-refractivity contribution in [2.24, 2.45) is 0 Å². The van der Waals surface area contributed by atoms with Crippen LogP contribution in [-0.4, -0.2) is 43.5 Å². The molecule has 1 aromatic rings. The van der Waals surface area contributed by atoms with Gasteiger partial charge in [0.1, 0.15) is 6.04 Å². The number of aliphatic carboxylic acids is 1. The summed E-state index contributed by atoms with van der Waals surface area (Å²) >= 11 is 0. The van der Waals surface area contributed by atoms with Crippen LogP contribution in [-0.2, 0) is 14.8 Å². The maximum absolute atomic E-state index is 14.0. The second-order valence-electron chi connectivity index (χ2n) is 4.82. The van der Waals surface area contributed by atoms with Gasteiger partial charge in [-0.05, 0) is 31.9 Å². The number of rotatable bonds is 4. The molecule has 1 aliphatic heterocycles. The van der Waals surface area contributed by atoms with Gasteiger partial charge in [0.25, 0.3) is 0 Å². The molecule has 1 aromatic carbocycles. The van der Waals surface area contributed by atoms with E-state index in [1.54, 1.807) is 0 Å². The minimum Gasteiger partial charge on any atom is -0.494 e. The Kier molecular flexibility index (Phi) is 4.20. The highest BCUT2D eigenvalue weighted by Gasteiger charge is 2.40. The summed E-state index contributed by atoms with van der Waals surface area (Å²) in [5.41, 5.74) is -0.0783. The van der Waals surface area contributed by atoms with Gasteiger partial charge in [-0.1, -0.05) is 0 Å². The van der Waals surface area contributed by atoms with Crippen LogP contribution in [0.15, 0.2) is 17.0 Å². The Morgan fingerprint density at radius 3 is 2.71 bits per heavy atom. The first-order valence-electron chi connectivity index (χ1n) is 6.38. The van der Waals surface area contributed by atoms with E-state index < -0.39 is 27.9 Å². The summed E-state index contributed by atoms with van der Waals surface area (Å²) in [4.78, 5) is 10.9. The lowest BCUT2D eigenvalue weighted by molar-refractivity contribution is -0.140. The summed E-state index contributed by atoms with van der Waals surface area (Å²) in [6.45, 7) is 1.45. The maximum Gasteiger partial charge on any atom is 0.322 e. The molecule has 0 aromatic heterocycles. The number of carboxylic acid groups (broad SMARTS) is 1. The van der Waals surface area contributed by atoms with Crippen molar-refractivity contribution < 1.29 is 27.4 Å². The van der Waals surface area contributed by atoms with Crippen LogP contribution >= 0.6 is 0 Å². The standard InChI is InChI=1S/C13H16FNO5S/c1-8-11(6-5-10(20-2)12(8)14)21(18,19)15-7-3-4-9(15)13(16)17/h5-6,9H,3-4,7H2,1-2H3,(H,16,17). The van der Waals surface area contributed by atoms with Gasteiger partial charge in [0.2, 0.25) is 10.0 Å². The van der Waals surface area contributed by atoms with Gasteiger partial charge in [0.05, 0.1) is 12.0 Å². The normalized spacial score (nSPS) is 19.7. The van der Waals surface area contributed by atoms with Gasteiger partial charge >= 0.3 is 5.97 Å². The van der Waals surface area contributed by atoms with E-state index in [1.807, 2.05) is 0 Å². The number of carboxylic acids is 1. The molecule has 1 fully saturated rings. The summed E-state index contributed by atoms with van der Waals surface area (Å²) in [6, 6.07) is 1.37. The number of hydrogen-bond acceptors (Lipinski definition) is 4. The van der Waals surface area contributed by atoms with Crippen LogP contribution in [0, 0.1) is 12.7 Å². The topological polar surface area (TPSA) is 83.9 Å². The monoisotopic (exact) mass is 317 g/mol. The number of benzene rings is 1. The predicted octanol–water partition coefficient (Wildman–Crippen LogP) is 1.38. The Morgan fingerprint density at radius 1 is 1.48 bits per heavy atom. The average molecular weight is 317 g/mol. The van der Waals surface area contributed by atoms with Gasteiger partial charge in [0.15, 0.2) is 11.6 Å². The molecule has 0 radical (unpaired) electrons. The van der Waals surface area contributed by atoms with Gasteiger partial charge in [0, 0.05) is 12.1 Å². The van der Waals surface area contributed by atoms with E-state index in [9.17, 15) is 17.6 Å². The lowest BCUT2D eigenvalue weighted by atomic mass is 10.2. The van der Waals surface area contributed by atoms with E-state index in [0.717, 1.165) is 4.31 Å². The van der Waals surface area contributed by atoms with Crippen molar-refractivity contribution in [1.82, 2.24) is 4.31 Å². The average Bonchev–Trinajstić information content (AvgIpc) is 2.91. The second kappa shape index (κ2) is 5.61. The largest absolute Gasteiger partial charge is 0.494 e. The second-order valence-corrected chi connectivity index (χ2v) is 6.68. The fraction of sp³-hybridized carbons (Fsp3) is 0.462. The van der Waals surface area contributed by atoms with Crippen LogP contribution in [0.3, 0.4) is 0 Å². The smallest absolute Gasteiger partial charge is 0.322 e. The number of methoxy groups -OCH3 is 1. The number of carbonyl (C=O) groups is 1. The van der Waals surface area contributed by atoms with Crippen molar-refractivity contribution in [2.45, 2.75) is 30.7 Å². The zero-order chi connectivity index (χ0) is 15.8. The van der Waals surface area contributed by atoms with Gasteiger partial charge in [-0.2, -0.15) is 4.31 Å². The molecule has 1 N–H and O–H groups in total. The third-order valence-electron chi connectivity index (χ3n) is 3.60. The van der Waals surface area contributed by atoms with Crippen molar-refractivity contribution in [3.05, 3.63) is 23.5 Å². The highest BCUT2D eigenvalue weighted by Crippen LogP contribution is 2.31. The summed E-state index contributed by atoms with van der Waals surface area (Å²) < 4.78 is 44.9. The molecule has 21 heavy (non-hydrogen) atoms. The zero-order valence-corrected chi connectivity index (χ0v) is 12.5. The minimum atomic E-state index is -4.05. The molecule has 0 saturated carbocycles. The molecule has 1 atom stereocenters. The van der Waals surface area contributed by atoms with Gasteiger partial charge in [-0.15, -0.1) is 0 Å². The molecule has 2 rings (SSSR count). The summed E-state index contributed by atoms with van der Waals surface area (Å²) in [7, 11) is -2.77. The van der Waals surface area contributed by atoms with Crippen molar-refractivity contribution in [1.29, 1.82) is 0 Å². The fourth-order valence-electron chi connectivity index (χ4n) is 2.48. The fourth-order valence-corrected chi connectivity index (χ4v) is 4.35. The summed E-state index contributed by atoms with van der Waals surface area (Å²) in [6.07, 6.45) is 0.722. The van der Waals surface area contributed by atoms with E-state index >= 15 is 0 Å². The number of nitrogens with zero attached hydrogens (tertiary/aromatic N) is 1. The number of hydrogen-bond donors (Lipinski definition) is 1. The highest BCUT2D eigenvalue weighted by molar-refractivity contribution is 7.89. The molecule has 116 valence electrons. The molecule has 0 bridgehead atoms. The van der Waals surface area contributed by atoms with Gasteiger partial charge in [-0.25, -0.2) is 12.8 Å². The molecule has 6 nitrogen and oxygen atoms in total. The third kappa shape index (κ3) is 2.60. The Balaban J connectivity index is 2.50. The van der Waals surface area contributed by atoms with Crippen LogP contribution in [0.5, 0.6) is 5.75 Å². The Bertz CT molecular complexity index is 673. The van der Waals surface area contributed by atoms with Crippen LogP contribution < -0.4 is 4.74 Å². The zero-order valence-electron chi connectivity index (χ0n) is 11.7. The maximum atomic E-state index is 14.0. The summed E-state index contributed by atoms with van der Waals surface area (Å²) in [5, 5.41) is 9.10. The Labute approximate surface area is 122 Å². The molecule has 1 saturated heterocycles. The van der Waals surface area contributed by atoms with E-state index in [-0.39, 0.29) is 29.2 Å². The molecule has 0 amide bonds. The molecule has 0 spiro atoms. The van der Waals surface area contributed by atoms with Crippen molar-refractivity contribution in [3.8, 4) is 5.75 Å². The quantitative estimate of drug-likeness (QED) is 0.907. The Morgan fingerprint density at radius 2 is 2.14 bits per heavy atom. The predicted molar refractivity (Wildman–Crippen MR) is 72.2 cm³/mol. The molecular formula is C13H16FNO5S. The Hall–Kier alpha value is -1.67. The number of sulfonamides is 1. The van der Waals surface area contributed by atoms with Crippen LogP contribution in [0.4, 0.5) is 4.39 Å². The lowest BCUT2D eigenvalue weighted by Crippen LogP contribution is -2.40. The molecule has 1 unspecified atom stereocenters. The van der Waals surface area contributed by atoms with Gasteiger partial charge in [-0.3, -0.25) is 4.79 Å². The molecule has 1 aliphatic rings. The first-order chi connectivity index (χ1) is 9.80. The number of halogens is 1. The molecular weight excluding hydrogens is 301 g/mol. The van der Waals surface area contributed by atoms with Crippen LogP contribution in [0.25, 0.3) is 0 Å². The van der Waals surface area contributed by atoms with E-state index in [1.165, 1.54) is 26.2 Å². The van der Waals surface area contributed by atoms with Crippen LogP contribution in [0.2, 0.25) is 0 Å². The van der Waals surface area contributed by atoms with E-state index in [4.69, 9.17) is 9.84 Å². The van der Waals surface area contributed by atoms with Crippen molar-refractivity contribution >= 4 is 16.0 Å². The van der Waals surface area contributed by atoms with Crippen molar-refractivity contribution in [3.63, 3.8) is 0 Å². The molecule has 1 heterocycles. The first kappa shape index (κ1) is 15.7. The third-order valence-corrected chi connectivity index (χ3v) is 5.65. The van der Waals surface area contributed by atoms with Gasteiger partial charge < -0.3 is 9.84 Å². The number of ether oxygens (including phenoxy) is 1. The minimum absolute atomic E-state index is 0.0531. The van der Waals surface area contributed by atoms with Crippen molar-refractivity contribution in [2.75, 3.05) is 13.7 Å². The van der Waals surface area contributed by atoms with E-state index in [0.29, 0.717) is 6.42 Å². The van der Waals surface area contributed by atoms with Crippen LogP contribution in [0.1, 0.15) is 18.4 Å². The lowest BCUT2D eigenvalue weighted by Gasteiger charge is -2.22. The van der Waals surface area contributed by atoms with E-state index in [2.05, 4.69) is 0 Å². The SMILES string of the molecule is COc1ccc(S(=O)(=O)N2CCCC2C(=O)O)c(C)c1F. The molecule has 0 aliphatic carbocycles. The highest BCUT2D eigenvalue weighted by atomic mass is 32.2. The first-order valence-corrected chi connectivity index (χ1v) is 7.82. The summed E-state index contributed by atoms with van der Waals surface area (Å²) in [5.74, 6) is -2.00. The molecule has 8 heteroatoms.